The summed E-state index contributed by atoms with van der Waals surface area (Å²) in [5.41, 5.74) is 5.55. The number of rotatable bonds is 4. The van der Waals surface area contributed by atoms with Gasteiger partial charge in [0, 0.05) is 11.3 Å². The third kappa shape index (κ3) is 3.25. The molecule has 0 amide bonds. The van der Waals surface area contributed by atoms with Crippen molar-refractivity contribution in [3.8, 4) is 5.75 Å². The Morgan fingerprint density at radius 2 is 2.31 bits per heavy atom. The van der Waals surface area contributed by atoms with Crippen molar-refractivity contribution in [2.24, 2.45) is 5.50 Å². The third-order valence-corrected chi connectivity index (χ3v) is 2.82. The molecule has 1 aromatic rings. The summed E-state index contributed by atoms with van der Waals surface area (Å²) < 4.78 is 10.9. The molecule has 0 aliphatic rings. The number of phenolic OH excluding ortho intramolecular Hbond substituents is 1. The van der Waals surface area contributed by atoms with Crippen molar-refractivity contribution in [2.45, 2.75) is 6.42 Å². The smallest absolute Gasteiger partial charge is 0.165 e. The molecule has 16 heavy (non-hydrogen) atoms. The van der Waals surface area contributed by atoms with Crippen molar-refractivity contribution in [1.29, 1.82) is 0 Å². The number of allylic oxidation sites excluding steroid dienone is 1. The zero-order valence-electron chi connectivity index (χ0n) is 8.31. The first-order valence-electron chi connectivity index (χ1n) is 4.34. The summed E-state index contributed by atoms with van der Waals surface area (Å²) in [5.74, 6) is -0.123. The topological polar surface area (TPSA) is 98.4 Å². The van der Waals surface area contributed by atoms with Gasteiger partial charge in [0.15, 0.2) is 7.67 Å². The maximum absolute atomic E-state index is 10.9. The lowest BCUT2D eigenvalue weighted by molar-refractivity contribution is -0.173. The van der Waals surface area contributed by atoms with Crippen LogP contribution >= 0.6 is 19.3 Å². The molecular formula is C9H11ClN2O3P-. The maximum atomic E-state index is 10.9. The van der Waals surface area contributed by atoms with E-state index in [2.05, 4.69) is 11.7 Å². The van der Waals surface area contributed by atoms with Gasteiger partial charge in [-0.2, -0.15) is 0 Å². The van der Waals surface area contributed by atoms with Gasteiger partial charge in [0.1, 0.15) is 5.75 Å². The van der Waals surface area contributed by atoms with Gasteiger partial charge < -0.3 is 15.1 Å². The van der Waals surface area contributed by atoms with Gasteiger partial charge in [-0.25, -0.2) is 0 Å². The molecule has 4 N–H and O–H groups in total. The van der Waals surface area contributed by atoms with E-state index in [1.165, 1.54) is 18.2 Å². The van der Waals surface area contributed by atoms with Crippen LogP contribution in [0.4, 0.5) is 5.69 Å². The number of phenols is 1. The van der Waals surface area contributed by atoms with Crippen LogP contribution in [0.2, 0.25) is 5.02 Å². The Kier molecular flexibility index (Phi) is 3.99. The molecule has 1 atom stereocenters. The predicted octanol–water partition coefficient (Wildman–Crippen LogP) is 1.61. The molecule has 0 spiro atoms. The minimum absolute atomic E-state index is 0.0818. The molecule has 0 heterocycles. The molecule has 7 heteroatoms. The van der Waals surface area contributed by atoms with E-state index in [1.807, 2.05) is 0 Å². The molecule has 1 rings (SSSR count). The molecule has 0 saturated heterocycles. The molecule has 0 saturated carbocycles. The predicted molar refractivity (Wildman–Crippen MR) is 62.4 cm³/mol. The fraction of sp³-hybridized carbons (Fsp3) is 0.111. The second kappa shape index (κ2) is 4.89. The van der Waals surface area contributed by atoms with E-state index < -0.39 is 7.67 Å². The lowest BCUT2D eigenvalue weighted by Gasteiger charge is -2.22. The molecule has 0 fully saturated rings. The van der Waals surface area contributed by atoms with Crippen LogP contribution in [-0.2, 0) is 11.0 Å². The van der Waals surface area contributed by atoms with Crippen molar-refractivity contribution in [3.63, 3.8) is 0 Å². The Balaban J connectivity index is 3.22. The molecule has 0 radical (unpaired) electrons. The first-order valence-corrected chi connectivity index (χ1v) is 6.41. The summed E-state index contributed by atoms with van der Waals surface area (Å²) >= 11 is 5.84. The number of nitrogens with two attached hydrogens (primary N) is 1. The standard InChI is InChI=1S/C9H12ClN2O3P/c1-2-3-6-7(12-16(11,14)15)4-5-8(13)9(6)10/h2,4-5,13H,1,3H2,(H4,11,12,14,15)/p-1. The summed E-state index contributed by atoms with van der Waals surface area (Å²) in [6.07, 6.45) is 1.85. The third-order valence-electron chi connectivity index (χ3n) is 1.85. The SMILES string of the molecule is C=CCc1c(NP(N)(=O)[O-])ccc(O)c1Cl. The first-order chi connectivity index (χ1) is 7.35. The Morgan fingerprint density at radius 3 is 2.81 bits per heavy atom. The van der Waals surface area contributed by atoms with E-state index in [4.69, 9.17) is 17.1 Å². The lowest BCUT2D eigenvalue weighted by atomic mass is 10.1. The zero-order valence-corrected chi connectivity index (χ0v) is 9.96. The van der Waals surface area contributed by atoms with Gasteiger partial charge >= 0.3 is 0 Å². The molecule has 1 unspecified atom stereocenters. The number of nitrogens with one attached hydrogen (secondary N) is 1. The highest BCUT2D eigenvalue weighted by Crippen LogP contribution is 2.37. The van der Waals surface area contributed by atoms with E-state index in [9.17, 15) is 14.6 Å². The van der Waals surface area contributed by atoms with Gasteiger partial charge in [0.05, 0.1) is 5.02 Å². The first kappa shape index (κ1) is 13.1. The number of hydrogen-bond donors (Lipinski definition) is 3. The van der Waals surface area contributed by atoms with E-state index in [1.54, 1.807) is 0 Å². The van der Waals surface area contributed by atoms with Crippen molar-refractivity contribution in [3.05, 3.63) is 35.4 Å². The Bertz CT molecular complexity index is 458. The van der Waals surface area contributed by atoms with Crippen molar-refractivity contribution < 1.29 is 14.6 Å². The van der Waals surface area contributed by atoms with Crippen LogP contribution in [0.15, 0.2) is 24.8 Å². The van der Waals surface area contributed by atoms with Gasteiger partial charge in [0.2, 0.25) is 0 Å². The number of hydrogen-bond acceptors (Lipinski definition) is 3. The highest BCUT2D eigenvalue weighted by atomic mass is 35.5. The fourth-order valence-corrected chi connectivity index (χ4v) is 2.01. The van der Waals surface area contributed by atoms with E-state index in [0.29, 0.717) is 12.0 Å². The zero-order chi connectivity index (χ0) is 12.3. The molecule has 1 aromatic carbocycles. The minimum atomic E-state index is -4.15. The highest BCUT2D eigenvalue weighted by Gasteiger charge is 2.12. The normalized spacial score (nSPS) is 14.2. The van der Waals surface area contributed by atoms with Crippen LogP contribution in [0.5, 0.6) is 5.75 Å². The largest absolute Gasteiger partial charge is 0.772 e. The van der Waals surface area contributed by atoms with Gasteiger partial charge in [-0.15, -0.1) is 6.58 Å². The Hall–Kier alpha value is -1.00. The van der Waals surface area contributed by atoms with E-state index >= 15 is 0 Å². The number of aromatic hydroxyl groups is 1. The van der Waals surface area contributed by atoms with Crippen LogP contribution < -0.4 is 15.5 Å². The average Bonchev–Trinajstić information content (AvgIpc) is 2.15. The van der Waals surface area contributed by atoms with Gasteiger partial charge in [-0.3, -0.25) is 10.1 Å². The van der Waals surface area contributed by atoms with Gasteiger partial charge in [-0.05, 0) is 18.6 Å². The van der Waals surface area contributed by atoms with Crippen LogP contribution in [0.25, 0.3) is 0 Å². The lowest BCUT2D eigenvalue weighted by Crippen LogP contribution is -2.17. The quantitative estimate of drug-likeness (QED) is 0.434. The Morgan fingerprint density at radius 1 is 1.69 bits per heavy atom. The van der Waals surface area contributed by atoms with Crippen LogP contribution in [0.1, 0.15) is 5.56 Å². The van der Waals surface area contributed by atoms with E-state index in [0.717, 1.165) is 0 Å². The molecular weight excluding hydrogens is 251 g/mol. The minimum Gasteiger partial charge on any atom is -0.772 e. The maximum Gasteiger partial charge on any atom is 0.165 e. The monoisotopic (exact) mass is 261 g/mol. The molecule has 0 aromatic heterocycles. The summed E-state index contributed by atoms with van der Waals surface area (Å²) in [6.45, 7) is 3.52. The number of halogens is 1. The van der Waals surface area contributed by atoms with Crippen molar-refractivity contribution >= 4 is 25.0 Å². The molecule has 0 aliphatic carbocycles. The number of anilines is 1. The second-order valence-electron chi connectivity index (χ2n) is 3.13. The van der Waals surface area contributed by atoms with E-state index in [-0.39, 0.29) is 16.5 Å². The fourth-order valence-electron chi connectivity index (χ4n) is 1.23. The van der Waals surface area contributed by atoms with Gasteiger partial charge in [-0.1, -0.05) is 17.7 Å². The average molecular weight is 262 g/mol. The molecule has 5 nitrogen and oxygen atoms in total. The summed E-state index contributed by atoms with van der Waals surface area (Å²) in [4.78, 5) is 10.9. The van der Waals surface area contributed by atoms with Gasteiger partial charge in [0.25, 0.3) is 0 Å². The van der Waals surface area contributed by atoms with Crippen LogP contribution in [0.3, 0.4) is 0 Å². The highest BCUT2D eigenvalue weighted by molar-refractivity contribution is 7.55. The molecule has 0 bridgehead atoms. The second-order valence-corrected chi connectivity index (χ2v) is 4.92. The summed E-state index contributed by atoms with van der Waals surface area (Å²) in [5, 5.41) is 11.6. The molecule has 88 valence electrons. The Labute approximate surface area is 98.1 Å². The van der Waals surface area contributed by atoms with Crippen molar-refractivity contribution in [1.82, 2.24) is 0 Å². The van der Waals surface area contributed by atoms with Crippen LogP contribution in [0, 0.1) is 0 Å². The van der Waals surface area contributed by atoms with Crippen molar-refractivity contribution in [2.75, 3.05) is 5.09 Å². The van der Waals surface area contributed by atoms with Crippen LogP contribution in [-0.4, -0.2) is 5.11 Å². The summed E-state index contributed by atoms with van der Waals surface area (Å²) in [7, 11) is -4.15. The summed E-state index contributed by atoms with van der Waals surface area (Å²) in [6, 6.07) is 2.67. The number of benzene rings is 1. The molecule has 0 aliphatic heterocycles.